The van der Waals surface area contributed by atoms with Crippen LogP contribution in [0, 0.1) is 6.92 Å². The van der Waals surface area contributed by atoms with Gasteiger partial charge in [-0.2, -0.15) is 0 Å². The molecule has 2 N–H and O–H groups in total. The van der Waals surface area contributed by atoms with Crippen molar-refractivity contribution < 1.29 is 9.64 Å². The van der Waals surface area contributed by atoms with Crippen molar-refractivity contribution in [1.29, 1.82) is 0 Å². The average molecular weight is 387 g/mol. The van der Waals surface area contributed by atoms with Gasteiger partial charge in [0.05, 0.1) is 31.9 Å². The summed E-state index contributed by atoms with van der Waals surface area (Å²) in [5, 5.41) is 0.815. The number of nitrogens with one attached hydrogen (secondary N) is 2. The molecule has 1 aromatic carbocycles. The second kappa shape index (κ2) is 10.1. The number of nitrogens with zero attached hydrogens (tertiary/aromatic N) is 1. The van der Waals surface area contributed by atoms with Crippen LogP contribution in [0.15, 0.2) is 23.0 Å². The molecule has 154 valence electrons. The van der Waals surface area contributed by atoms with Crippen LogP contribution >= 0.6 is 0 Å². The number of anilines is 1. The van der Waals surface area contributed by atoms with Gasteiger partial charge < -0.3 is 19.5 Å². The molecule has 0 aliphatic carbocycles. The SMILES string of the molecule is CCCC[NH+](CCCC)Cc1c(C)[nH]c2ccc(N3CCOCC3)cc2c1=O. The van der Waals surface area contributed by atoms with Gasteiger partial charge in [-0.05, 0) is 38.0 Å². The third-order valence-corrected chi connectivity index (χ3v) is 5.87. The summed E-state index contributed by atoms with van der Waals surface area (Å²) in [4.78, 5) is 20.7. The molecule has 1 fully saturated rings. The highest BCUT2D eigenvalue weighted by atomic mass is 16.5. The van der Waals surface area contributed by atoms with Gasteiger partial charge in [-0.25, -0.2) is 0 Å². The Kier molecular flexibility index (Phi) is 7.51. The molecule has 0 unspecified atom stereocenters. The van der Waals surface area contributed by atoms with Crippen molar-refractivity contribution in [1.82, 2.24) is 4.98 Å². The van der Waals surface area contributed by atoms with Crippen LogP contribution < -0.4 is 15.2 Å². The summed E-state index contributed by atoms with van der Waals surface area (Å²) in [6.45, 7) is 12.9. The average Bonchev–Trinajstić information content (AvgIpc) is 2.73. The minimum absolute atomic E-state index is 0.201. The molecule has 2 heterocycles. The van der Waals surface area contributed by atoms with Crippen LogP contribution in [0.3, 0.4) is 0 Å². The Morgan fingerprint density at radius 1 is 1.11 bits per heavy atom. The van der Waals surface area contributed by atoms with E-state index in [0.29, 0.717) is 0 Å². The van der Waals surface area contributed by atoms with Gasteiger partial charge in [-0.1, -0.05) is 26.7 Å². The fourth-order valence-corrected chi connectivity index (χ4v) is 4.08. The van der Waals surface area contributed by atoms with Crippen molar-refractivity contribution in [3.63, 3.8) is 0 Å². The van der Waals surface area contributed by atoms with Crippen LogP contribution in [-0.2, 0) is 11.3 Å². The lowest BCUT2D eigenvalue weighted by atomic mass is 10.1. The Morgan fingerprint density at radius 2 is 1.79 bits per heavy atom. The second-order valence-corrected chi connectivity index (χ2v) is 8.02. The van der Waals surface area contributed by atoms with E-state index in [4.69, 9.17) is 4.74 Å². The maximum absolute atomic E-state index is 13.4. The standard InChI is InChI=1S/C23H35N3O2/c1-4-6-10-25(11-7-5-2)17-21-18(3)24-22-9-8-19(16-20(22)23(21)27)26-12-14-28-15-13-26/h8-9,16H,4-7,10-15,17H2,1-3H3,(H,24,27)/p+1. The summed E-state index contributed by atoms with van der Waals surface area (Å²) in [6.07, 6.45) is 4.83. The Hall–Kier alpha value is -1.85. The highest BCUT2D eigenvalue weighted by Crippen LogP contribution is 2.21. The highest BCUT2D eigenvalue weighted by Gasteiger charge is 2.18. The fourth-order valence-electron chi connectivity index (χ4n) is 4.08. The molecule has 1 aromatic heterocycles. The van der Waals surface area contributed by atoms with Crippen molar-refractivity contribution in [2.24, 2.45) is 0 Å². The summed E-state index contributed by atoms with van der Waals surface area (Å²) < 4.78 is 5.46. The molecule has 28 heavy (non-hydrogen) atoms. The van der Waals surface area contributed by atoms with Gasteiger partial charge in [0, 0.05) is 35.4 Å². The first-order chi connectivity index (χ1) is 13.6. The molecular weight excluding hydrogens is 350 g/mol. The van der Waals surface area contributed by atoms with Crippen LogP contribution in [0.5, 0.6) is 0 Å². The molecule has 0 saturated carbocycles. The van der Waals surface area contributed by atoms with Gasteiger partial charge >= 0.3 is 0 Å². The molecule has 5 nitrogen and oxygen atoms in total. The Balaban J connectivity index is 1.91. The van der Waals surface area contributed by atoms with E-state index in [1.807, 2.05) is 6.92 Å². The molecule has 0 atom stereocenters. The summed E-state index contributed by atoms with van der Waals surface area (Å²) in [6, 6.07) is 6.24. The number of rotatable bonds is 9. The maximum atomic E-state index is 13.4. The first-order valence-corrected chi connectivity index (χ1v) is 11.0. The lowest BCUT2D eigenvalue weighted by Crippen LogP contribution is -3.10. The summed E-state index contributed by atoms with van der Waals surface area (Å²) >= 11 is 0. The molecule has 1 aliphatic rings. The minimum Gasteiger partial charge on any atom is -0.378 e. The molecule has 0 spiro atoms. The van der Waals surface area contributed by atoms with Crippen molar-refractivity contribution >= 4 is 16.6 Å². The number of pyridine rings is 1. The summed E-state index contributed by atoms with van der Waals surface area (Å²) in [7, 11) is 0. The van der Waals surface area contributed by atoms with Gasteiger partial charge in [0.25, 0.3) is 0 Å². The van der Waals surface area contributed by atoms with Gasteiger partial charge in [-0.15, -0.1) is 0 Å². The van der Waals surface area contributed by atoms with E-state index in [1.54, 1.807) is 0 Å². The van der Waals surface area contributed by atoms with E-state index >= 15 is 0 Å². The van der Waals surface area contributed by atoms with E-state index < -0.39 is 0 Å². The Bertz CT molecular complexity index is 816. The lowest BCUT2D eigenvalue weighted by Gasteiger charge is -2.29. The van der Waals surface area contributed by atoms with E-state index in [2.05, 4.69) is 41.9 Å². The highest BCUT2D eigenvalue weighted by molar-refractivity contribution is 5.83. The molecule has 0 bridgehead atoms. The molecule has 5 heteroatoms. The van der Waals surface area contributed by atoms with E-state index in [9.17, 15) is 4.79 Å². The number of fused-ring (bicyclic) bond motifs is 1. The fraction of sp³-hybridized carbons (Fsp3) is 0.609. The zero-order valence-corrected chi connectivity index (χ0v) is 17.8. The molecular formula is C23H36N3O2+. The molecule has 1 aliphatic heterocycles. The molecule has 0 radical (unpaired) electrons. The topological polar surface area (TPSA) is 49.8 Å². The molecule has 0 amide bonds. The zero-order chi connectivity index (χ0) is 19.9. The normalized spacial score (nSPS) is 14.9. The van der Waals surface area contributed by atoms with Crippen LogP contribution in [0.2, 0.25) is 0 Å². The number of unbranched alkanes of at least 4 members (excludes halogenated alkanes) is 2. The number of hydrogen-bond acceptors (Lipinski definition) is 3. The quantitative estimate of drug-likeness (QED) is 0.697. The van der Waals surface area contributed by atoms with E-state index in [1.165, 1.54) is 30.6 Å². The van der Waals surface area contributed by atoms with Crippen LogP contribution in [0.25, 0.3) is 10.9 Å². The van der Waals surface area contributed by atoms with Crippen molar-refractivity contribution in [2.45, 2.75) is 53.0 Å². The first kappa shape index (κ1) is 20.9. The number of benzene rings is 1. The predicted molar refractivity (Wildman–Crippen MR) is 117 cm³/mol. The number of H-pyrrole nitrogens is 1. The third kappa shape index (κ3) is 4.95. The van der Waals surface area contributed by atoms with Crippen molar-refractivity contribution in [2.75, 3.05) is 44.3 Å². The summed E-state index contributed by atoms with van der Waals surface area (Å²) in [5.74, 6) is 0. The van der Waals surface area contributed by atoms with Gasteiger partial charge in [0.15, 0.2) is 5.43 Å². The van der Waals surface area contributed by atoms with Crippen LogP contribution in [0.4, 0.5) is 5.69 Å². The minimum atomic E-state index is 0.201. The Morgan fingerprint density at radius 3 is 2.43 bits per heavy atom. The van der Waals surface area contributed by atoms with Crippen LogP contribution in [0.1, 0.15) is 50.8 Å². The number of quaternary nitrogens is 1. The van der Waals surface area contributed by atoms with E-state index in [-0.39, 0.29) is 5.43 Å². The van der Waals surface area contributed by atoms with Crippen molar-refractivity contribution in [3.8, 4) is 0 Å². The molecule has 2 aromatic rings. The largest absolute Gasteiger partial charge is 0.378 e. The van der Waals surface area contributed by atoms with Crippen LogP contribution in [-0.4, -0.2) is 44.4 Å². The van der Waals surface area contributed by atoms with Gasteiger partial charge in [-0.3, -0.25) is 4.79 Å². The zero-order valence-electron chi connectivity index (χ0n) is 17.8. The van der Waals surface area contributed by atoms with Crippen molar-refractivity contribution in [3.05, 3.63) is 39.7 Å². The smallest absolute Gasteiger partial charge is 0.198 e. The number of aromatic amines is 1. The number of aromatic nitrogens is 1. The first-order valence-electron chi connectivity index (χ1n) is 11.0. The number of ether oxygens (including phenoxy) is 1. The monoisotopic (exact) mass is 386 g/mol. The third-order valence-electron chi connectivity index (χ3n) is 5.87. The molecule has 1 saturated heterocycles. The second-order valence-electron chi connectivity index (χ2n) is 8.02. The lowest BCUT2D eigenvalue weighted by molar-refractivity contribution is -0.914. The number of hydrogen-bond donors (Lipinski definition) is 2. The number of morpholine rings is 1. The van der Waals surface area contributed by atoms with Gasteiger partial charge in [0.1, 0.15) is 6.54 Å². The summed E-state index contributed by atoms with van der Waals surface area (Å²) in [5.41, 5.74) is 4.23. The predicted octanol–water partition coefficient (Wildman–Crippen LogP) is 2.66. The van der Waals surface area contributed by atoms with Gasteiger partial charge in [0.2, 0.25) is 0 Å². The molecule has 3 rings (SSSR count). The maximum Gasteiger partial charge on any atom is 0.198 e. The Labute approximate surface area is 168 Å². The number of aryl methyl sites for hydroxylation is 1. The van der Waals surface area contributed by atoms with E-state index in [0.717, 1.165) is 73.8 Å².